The molecule has 5 heteroatoms. The number of hydrogen-bond donors (Lipinski definition) is 1. The Morgan fingerprint density at radius 3 is 2.50 bits per heavy atom. The van der Waals surface area contributed by atoms with Crippen LogP contribution in [0.2, 0.25) is 0 Å². The average Bonchev–Trinajstić information content (AvgIpc) is 2.38. The van der Waals surface area contributed by atoms with E-state index in [2.05, 4.69) is 4.74 Å². The summed E-state index contributed by atoms with van der Waals surface area (Å²) in [6, 6.07) is 9.99. The number of esters is 1. The van der Waals surface area contributed by atoms with Crippen molar-refractivity contribution < 1.29 is 19.1 Å². The number of aromatic hydroxyl groups is 1. The fraction of sp³-hybridized carbons (Fsp3) is 0.0769. The lowest BCUT2D eigenvalue weighted by molar-refractivity contribution is 0.0592. The molecule has 0 atom stereocenters. The fourth-order valence-corrected chi connectivity index (χ4v) is 1.52. The van der Waals surface area contributed by atoms with Crippen LogP contribution >= 0.6 is 0 Å². The van der Waals surface area contributed by atoms with Gasteiger partial charge in [0.05, 0.1) is 7.11 Å². The van der Waals surface area contributed by atoms with E-state index in [0.717, 1.165) is 7.11 Å². The van der Waals surface area contributed by atoms with Crippen LogP contribution in [0.4, 0.5) is 0 Å². The molecule has 0 fully saturated rings. The van der Waals surface area contributed by atoms with Crippen LogP contribution in [-0.4, -0.2) is 18.2 Å². The molecular formula is C13H10O5. The van der Waals surface area contributed by atoms with Crippen molar-refractivity contribution in [2.75, 3.05) is 7.11 Å². The van der Waals surface area contributed by atoms with E-state index in [-0.39, 0.29) is 5.76 Å². The first-order valence-corrected chi connectivity index (χ1v) is 5.14. The van der Waals surface area contributed by atoms with Crippen LogP contribution in [0.3, 0.4) is 0 Å². The molecule has 2 aromatic rings. The van der Waals surface area contributed by atoms with Crippen LogP contribution in [0.1, 0.15) is 10.4 Å². The highest BCUT2D eigenvalue weighted by Crippen LogP contribution is 2.23. The first-order chi connectivity index (χ1) is 8.63. The van der Waals surface area contributed by atoms with Crippen molar-refractivity contribution in [3.8, 4) is 17.1 Å². The Morgan fingerprint density at radius 2 is 1.94 bits per heavy atom. The summed E-state index contributed by atoms with van der Waals surface area (Å²) in [7, 11) is 1.12. The second kappa shape index (κ2) is 4.75. The predicted molar refractivity (Wildman–Crippen MR) is 63.4 cm³/mol. The SMILES string of the molecule is COC(=O)c1c(O)cc(-c2ccccc2)oc1=O. The highest BCUT2D eigenvalue weighted by molar-refractivity contribution is 5.92. The van der Waals surface area contributed by atoms with Crippen molar-refractivity contribution in [3.05, 3.63) is 52.4 Å². The van der Waals surface area contributed by atoms with Gasteiger partial charge in [0.2, 0.25) is 0 Å². The third-order valence-corrected chi connectivity index (χ3v) is 2.38. The van der Waals surface area contributed by atoms with E-state index < -0.39 is 22.9 Å². The number of rotatable bonds is 2. The molecule has 5 nitrogen and oxygen atoms in total. The number of ether oxygens (including phenoxy) is 1. The van der Waals surface area contributed by atoms with Gasteiger partial charge < -0.3 is 14.3 Å². The Bertz CT molecular complexity index is 628. The summed E-state index contributed by atoms with van der Waals surface area (Å²) in [4.78, 5) is 22.9. The number of carbonyl (C=O) groups excluding carboxylic acids is 1. The van der Waals surface area contributed by atoms with Gasteiger partial charge in [0.15, 0.2) is 5.56 Å². The molecule has 0 aliphatic heterocycles. The van der Waals surface area contributed by atoms with Gasteiger partial charge in [-0.15, -0.1) is 0 Å². The van der Waals surface area contributed by atoms with Crippen molar-refractivity contribution in [3.63, 3.8) is 0 Å². The summed E-state index contributed by atoms with van der Waals surface area (Å²) >= 11 is 0. The second-order valence-electron chi connectivity index (χ2n) is 3.52. The Labute approximate surface area is 102 Å². The third kappa shape index (κ3) is 2.10. The predicted octanol–water partition coefficient (Wildman–Crippen LogP) is 1.80. The minimum Gasteiger partial charge on any atom is -0.507 e. The highest BCUT2D eigenvalue weighted by atomic mass is 16.5. The number of methoxy groups -OCH3 is 1. The third-order valence-electron chi connectivity index (χ3n) is 2.38. The van der Waals surface area contributed by atoms with E-state index >= 15 is 0 Å². The molecule has 0 bridgehead atoms. The molecule has 0 unspecified atom stereocenters. The van der Waals surface area contributed by atoms with E-state index in [4.69, 9.17) is 4.42 Å². The van der Waals surface area contributed by atoms with Gasteiger partial charge in [-0.25, -0.2) is 9.59 Å². The maximum atomic E-state index is 11.6. The molecule has 92 valence electrons. The molecule has 2 rings (SSSR count). The molecule has 0 amide bonds. The van der Waals surface area contributed by atoms with Crippen molar-refractivity contribution in [2.45, 2.75) is 0 Å². The molecular weight excluding hydrogens is 236 g/mol. The van der Waals surface area contributed by atoms with Gasteiger partial charge >= 0.3 is 11.6 Å². The van der Waals surface area contributed by atoms with Crippen LogP contribution < -0.4 is 5.63 Å². The average molecular weight is 246 g/mol. The van der Waals surface area contributed by atoms with Crippen molar-refractivity contribution in [1.82, 2.24) is 0 Å². The van der Waals surface area contributed by atoms with Gasteiger partial charge in [0.1, 0.15) is 11.5 Å². The van der Waals surface area contributed by atoms with Crippen molar-refractivity contribution >= 4 is 5.97 Å². The van der Waals surface area contributed by atoms with Gasteiger partial charge in [0.25, 0.3) is 0 Å². The standard InChI is InChI=1S/C13H10O5/c1-17-12(15)11-9(14)7-10(18-13(11)16)8-5-3-2-4-6-8/h2-7,14H,1H3. The first-order valence-electron chi connectivity index (χ1n) is 5.14. The largest absolute Gasteiger partial charge is 0.507 e. The summed E-state index contributed by atoms with van der Waals surface area (Å²) in [6.07, 6.45) is 0. The van der Waals surface area contributed by atoms with E-state index in [9.17, 15) is 14.7 Å². The lowest BCUT2D eigenvalue weighted by atomic mass is 10.1. The maximum Gasteiger partial charge on any atom is 0.354 e. The van der Waals surface area contributed by atoms with Crippen molar-refractivity contribution in [2.24, 2.45) is 0 Å². The van der Waals surface area contributed by atoms with Crippen LogP contribution in [0, 0.1) is 0 Å². The molecule has 0 saturated heterocycles. The Balaban J connectivity index is 2.57. The molecule has 1 aromatic heterocycles. The normalized spacial score (nSPS) is 10.1. The summed E-state index contributed by atoms with van der Waals surface area (Å²) in [5.41, 5.74) is -0.806. The number of carbonyl (C=O) groups is 1. The summed E-state index contributed by atoms with van der Waals surface area (Å²) in [5, 5.41) is 9.67. The zero-order valence-electron chi connectivity index (χ0n) is 9.54. The van der Waals surface area contributed by atoms with Crippen LogP contribution in [0.25, 0.3) is 11.3 Å². The Kier molecular flexibility index (Phi) is 3.14. The minimum atomic E-state index is -0.930. The van der Waals surface area contributed by atoms with Crippen LogP contribution in [-0.2, 0) is 4.74 Å². The maximum absolute atomic E-state index is 11.6. The molecule has 18 heavy (non-hydrogen) atoms. The molecule has 1 heterocycles. The van der Waals surface area contributed by atoms with Crippen LogP contribution in [0.15, 0.2) is 45.6 Å². The topological polar surface area (TPSA) is 76.7 Å². The Hall–Kier alpha value is -2.56. The first kappa shape index (κ1) is 11.9. The summed E-state index contributed by atoms with van der Waals surface area (Å²) in [5.74, 6) is -1.21. The van der Waals surface area contributed by atoms with E-state index in [1.54, 1.807) is 24.3 Å². The molecule has 0 aliphatic rings. The van der Waals surface area contributed by atoms with E-state index in [1.807, 2.05) is 6.07 Å². The van der Waals surface area contributed by atoms with Gasteiger partial charge in [0, 0.05) is 11.6 Å². The molecule has 1 N–H and O–H groups in total. The van der Waals surface area contributed by atoms with Gasteiger partial charge in [-0.3, -0.25) is 0 Å². The lowest BCUT2D eigenvalue weighted by Crippen LogP contribution is -2.15. The van der Waals surface area contributed by atoms with Crippen molar-refractivity contribution in [1.29, 1.82) is 0 Å². The number of benzene rings is 1. The molecule has 0 spiro atoms. The summed E-state index contributed by atoms with van der Waals surface area (Å²) < 4.78 is 9.37. The zero-order valence-corrected chi connectivity index (χ0v) is 9.54. The smallest absolute Gasteiger partial charge is 0.354 e. The van der Waals surface area contributed by atoms with Gasteiger partial charge in [-0.05, 0) is 0 Å². The molecule has 0 radical (unpaired) electrons. The monoisotopic (exact) mass is 246 g/mol. The molecule has 1 aromatic carbocycles. The molecule has 0 saturated carbocycles. The minimum absolute atomic E-state index is 0.186. The van der Waals surface area contributed by atoms with E-state index in [1.165, 1.54) is 6.07 Å². The fourth-order valence-electron chi connectivity index (χ4n) is 1.52. The van der Waals surface area contributed by atoms with E-state index in [0.29, 0.717) is 5.56 Å². The lowest BCUT2D eigenvalue weighted by Gasteiger charge is -2.04. The highest BCUT2D eigenvalue weighted by Gasteiger charge is 2.19. The summed E-state index contributed by atoms with van der Waals surface area (Å²) in [6.45, 7) is 0. The number of hydrogen-bond acceptors (Lipinski definition) is 5. The van der Waals surface area contributed by atoms with Crippen LogP contribution in [0.5, 0.6) is 5.75 Å². The van der Waals surface area contributed by atoms with Gasteiger partial charge in [-0.2, -0.15) is 0 Å². The zero-order chi connectivity index (χ0) is 13.1. The second-order valence-corrected chi connectivity index (χ2v) is 3.52. The quantitative estimate of drug-likeness (QED) is 0.817. The molecule has 0 aliphatic carbocycles. The van der Waals surface area contributed by atoms with Gasteiger partial charge in [-0.1, -0.05) is 30.3 Å². The Morgan fingerprint density at radius 1 is 1.28 bits per heavy atom.